The second-order valence-corrected chi connectivity index (χ2v) is 8.84. The highest BCUT2D eigenvalue weighted by Crippen LogP contribution is 2.19. The van der Waals surface area contributed by atoms with Gasteiger partial charge in [0.2, 0.25) is 0 Å². The Labute approximate surface area is 156 Å². The lowest BCUT2D eigenvalue weighted by Crippen LogP contribution is -2.49. The highest BCUT2D eigenvalue weighted by atomic mass is 15.2. The van der Waals surface area contributed by atoms with Gasteiger partial charge in [-0.2, -0.15) is 0 Å². The summed E-state index contributed by atoms with van der Waals surface area (Å²) in [5, 5.41) is 0. The Morgan fingerprint density at radius 3 is 1.52 bits per heavy atom. The smallest absolute Gasteiger partial charge is 0.0209 e. The monoisotopic (exact) mass is 350 g/mol. The van der Waals surface area contributed by atoms with Gasteiger partial charge in [0.1, 0.15) is 0 Å². The number of nitrogens with zero attached hydrogens (tertiary/aromatic N) is 3. The molecule has 0 aromatic carbocycles. The van der Waals surface area contributed by atoms with Crippen molar-refractivity contribution in [1.29, 1.82) is 0 Å². The van der Waals surface area contributed by atoms with Gasteiger partial charge >= 0.3 is 0 Å². The van der Waals surface area contributed by atoms with Gasteiger partial charge in [0.15, 0.2) is 0 Å². The van der Waals surface area contributed by atoms with E-state index in [1.165, 1.54) is 117 Å². The normalized spacial score (nSPS) is 27.2. The van der Waals surface area contributed by atoms with Crippen LogP contribution in [0.25, 0.3) is 0 Å². The van der Waals surface area contributed by atoms with E-state index in [-0.39, 0.29) is 0 Å². The first-order valence-corrected chi connectivity index (χ1v) is 11.2. The molecule has 0 bridgehead atoms. The Balaban J connectivity index is 1.49. The molecule has 3 saturated heterocycles. The average molecular weight is 351 g/mol. The summed E-state index contributed by atoms with van der Waals surface area (Å²) in [6, 6.07) is 0.352. The maximum Gasteiger partial charge on any atom is 0.0209 e. The molecule has 3 heterocycles. The summed E-state index contributed by atoms with van der Waals surface area (Å²) in [4.78, 5) is 8.04. The Hall–Kier alpha value is -0.160. The van der Waals surface area contributed by atoms with E-state index in [9.17, 15) is 0 Å². The molecular weight excluding hydrogens is 308 g/mol. The SMILES string of the molecule is NC(CN1CCCCC1)C(CCN1CCCCC1)CN1CCCCC1. The summed E-state index contributed by atoms with van der Waals surface area (Å²) in [6.07, 6.45) is 13.9. The average Bonchev–Trinajstić information content (AvgIpc) is 2.67. The van der Waals surface area contributed by atoms with Gasteiger partial charge in [-0.15, -0.1) is 0 Å². The van der Waals surface area contributed by atoms with E-state index < -0.39 is 0 Å². The largest absolute Gasteiger partial charge is 0.326 e. The van der Waals surface area contributed by atoms with Gasteiger partial charge in [-0.05, 0) is 96.7 Å². The maximum absolute atomic E-state index is 6.79. The van der Waals surface area contributed by atoms with Crippen LogP contribution in [0.1, 0.15) is 64.2 Å². The first-order chi connectivity index (χ1) is 12.3. The standard InChI is InChI=1S/C21H42N4/c22-21(19-25-15-8-3-9-16-25)20(18-24-13-6-2-7-14-24)10-17-23-11-4-1-5-12-23/h20-21H,1-19,22H2. The maximum atomic E-state index is 6.79. The number of hydrogen-bond acceptors (Lipinski definition) is 4. The van der Waals surface area contributed by atoms with Gasteiger partial charge in [-0.1, -0.05) is 19.3 Å². The zero-order valence-corrected chi connectivity index (χ0v) is 16.5. The van der Waals surface area contributed by atoms with Crippen LogP contribution in [0, 0.1) is 5.92 Å². The molecule has 146 valence electrons. The van der Waals surface area contributed by atoms with Crippen molar-refractivity contribution in [3.63, 3.8) is 0 Å². The van der Waals surface area contributed by atoms with Gasteiger partial charge in [0, 0.05) is 19.1 Å². The second-order valence-electron chi connectivity index (χ2n) is 8.84. The van der Waals surface area contributed by atoms with Gasteiger partial charge < -0.3 is 20.4 Å². The van der Waals surface area contributed by atoms with Crippen LogP contribution in [0.2, 0.25) is 0 Å². The van der Waals surface area contributed by atoms with Crippen LogP contribution in [0.4, 0.5) is 0 Å². The fourth-order valence-electron chi connectivity index (χ4n) is 5.03. The van der Waals surface area contributed by atoms with Gasteiger partial charge in [-0.25, -0.2) is 0 Å². The summed E-state index contributed by atoms with van der Waals surface area (Å²) in [6.45, 7) is 11.4. The molecule has 0 amide bonds. The molecule has 4 nitrogen and oxygen atoms in total. The fraction of sp³-hybridized carbons (Fsp3) is 1.00. The molecule has 2 unspecified atom stereocenters. The van der Waals surface area contributed by atoms with Crippen LogP contribution >= 0.6 is 0 Å². The second kappa shape index (κ2) is 10.9. The molecule has 2 N–H and O–H groups in total. The molecule has 3 rings (SSSR count). The first-order valence-electron chi connectivity index (χ1n) is 11.2. The first kappa shape index (κ1) is 19.6. The van der Waals surface area contributed by atoms with E-state index in [1.54, 1.807) is 0 Å². The summed E-state index contributed by atoms with van der Waals surface area (Å²) >= 11 is 0. The van der Waals surface area contributed by atoms with Gasteiger partial charge in [0.25, 0.3) is 0 Å². The summed E-state index contributed by atoms with van der Waals surface area (Å²) in [7, 11) is 0. The van der Waals surface area contributed by atoms with Crippen LogP contribution in [0.15, 0.2) is 0 Å². The Bertz CT molecular complexity index is 344. The van der Waals surface area contributed by atoms with E-state index in [2.05, 4.69) is 14.7 Å². The lowest BCUT2D eigenvalue weighted by molar-refractivity contribution is 0.134. The lowest BCUT2D eigenvalue weighted by Gasteiger charge is -2.37. The fourth-order valence-corrected chi connectivity index (χ4v) is 5.03. The molecular formula is C21H42N4. The molecule has 2 atom stereocenters. The quantitative estimate of drug-likeness (QED) is 0.730. The molecule has 0 aromatic heterocycles. The Kier molecular flexibility index (Phi) is 8.51. The third kappa shape index (κ3) is 6.82. The van der Waals surface area contributed by atoms with E-state index in [0.29, 0.717) is 12.0 Å². The minimum absolute atomic E-state index is 0.352. The van der Waals surface area contributed by atoms with Crippen molar-refractivity contribution >= 4 is 0 Å². The molecule has 3 fully saturated rings. The summed E-state index contributed by atoms with van der Waals surface area (Å²) in [5.74, 6) is 0.668. The highest BCUT2D eigenvalue weighted by Gasteiger charge is 2.25. The van der Waals surface area contributed by atoms with E-state index in [1.807, 2.05) is 0 Å². The third-order valence-electron chi connectivity index (χ3n) is 6.73. The highest BCUT2D eigenvalue weighted by molar-refractivity contribution is 4.83. The molecule has 25 heavy (non-hydrogen) atoms. The molecule has 0 radical (unpaired) electrons. The van der Waals surface area contributed by atoms with Crippen molar-refractivity contribution in [1.82, 2.24) is 14.7 Å². The van der Waals surface area contributed by atoms with Crippen molar-refractivity contribution in [3.8, 4) is 0 Å². The van der Waals surface area contributed by atoms with Crippen LogP contribution in [-0.4, -0.2) is 79.6 Å². The number of piperidine rings is 3. The Morgan fingerprint density at radius 2 is 1.00 bits per heavy atom. The molecule has 3 aliphatic heterocycles. The Morgan fingerprint density at radius 1 is 0.560 bits per heavy atom. The van der Waals surface area contributed by atoms with E-state index in [4.69, 9.17) is 5.73 Å². The van der Waals surface area contributed by atoms with Crippen LogP contribution in [0.3, 0.4) is 0 Å². The number of hydrogen-bond donors (Lipinski definition) is 1. The summed E-state index contributed by atoms with van der Waals surface area (Å²) in [5.41, 5.74) is 6.79. The third-order valence-corrected chi connectivity index (χ3v) is 6.73. The van der Waals surface area contributed by atoms with E-state index >= 15 is 0 Å². The van der Waals surface area contributed by atoms with Crippen molar-refractivity contribution in [3.05, 3.63) is 0 Å². The molecule has 3 aliphatic rings. The predicted octanol–water partition coefficient (Wildman–Crippen LogP) is 2.78. The molecule has 0 aliphatic carbocycles. The molecule has 0 aromatic rings. The predicted molar refractivity (Wildman–Crippen MR) is 107 cm³/mol. The van der Waals surface area contributed by atoms with Crippen molar-refractivity contribution in [2.45, 2.75) is 70.3 Å². The van der Waals surface area contributed by atoms with E-state index in [0.717, 1.165) is 6.54 Å². The number of nitrogens with two attached hydrogens (primary N) is 1. The van der Waals surface area contributed by atoms with Gasteiger partial charge in [0.05, 0.1) is 0 Å². The number of rotatable bonds is 8. The lowest BCUT2D eigenvalue weighted by atomic mass is 9.93. The molecule has 0 spiro atoms. The zero-order valence-electron chi connectivity index (χ0n) is 16.5. The topological polar surface area (TPSA) is 35.7 Å². The van der Waals surface area contributed by atoms with Crippen molar-refractivity contribution in [2.24, 2.45) is 11.7 Å². The summed E-state index contributed by atoms with van der Waals surface area (Å²) < 4.78 is 0. The van der Waals surface area contributed by atoms with Crippen molar-refractivity contribution < 1.29 is 0 Å². The van der Waals surface area contributed by atoms with Gasteiger partial charge in [-0.3, -0.25) is 0 Å². The van der Waals surface area contributed by atoms with Crippen LogP contribution in [-0.2, 0) is 0 Å². The number of likely N-dealkylation sites (tertiary alicyclic amines) is 3. The van der Waals surface area contributed by atoms with Crippen LogP contribution in [0.5, 0.6) is 0 Å². The zero-order chi connectivity index (χ0) is 17.3. The molecule has 0 saturated carbocycles. The minimum atomic E-state index is 0.352. The minimum Gasteiger partial charge on any atom is -0.326 e. The van der Waals surface area contributed by atoms with Crippen molar-refractivity contribution in [2.75, 3.05) is 58.9 Å². The molecule has 4 heteroatoms. The van der Waals surface area contributed by atoms with Crippen LogP contribution < -0.4 is 5.73 Å².